The zero-order valence-electron chi connectivity index (χ0n) is 7.63. The molecular weight excluding hydrogens is 150 g/mol. The van der Waals surface area contributed by atoms with Gasteiger partial charge in [-0.1, -0.05) is 18.2 Å². The molecule has 0 radical (unpaired) electrons. The van der Waals surface area contributed by atoms with Gasteiger partial charge in [-0.15, -0.1) is 0 Å². The minimum absolute atomic E-state index is 0.0632. The largest absolute Gasteiger partial charge is 0.402 e. The van der Waals surface area contributed by atoms with Gasteiger partial charge < -0.3 is 5.73 Å². The summed E-state index contributed by atoms with van der Waals surface area (Å²) >= 11 is 0. The van der Waals surface area contributed by atoms with Crippen molar-refractivity contribution < 1.29 is 4.79 Å². The average Bonchev–Trinajstić information content (AvgIpc) is 2.30. The summed E-state index contributed by atoms with van der Waals surface area (Å²) in [6.45, 7) is 7.41. The Balaban J connectivity index is 2.74. The fourth-order valence-electron chi connectivity index (χ4n) is 1.55. The van der Waals surface area contributed by atoms with Gasteiger partial charge in [0.15, 0.2) is 0 Å². The summed E-state index contributed by atoms with van der Waals surface area (Å²) < 4.78 is 0. The molecule has 0 bridgehead atoms. The number of carbonyl (C=O) groups excluding carboxylic acids is 1. The van der Waals surface area contributed by atoms with Gasteiger partial charge in [-0.3, -0.25) is 4.79 Å². The molecule has 2 unspecified atom stereocenters. The van der Waals surface area contributed by atoms with E-state index in [1.807, 2.05) is 13.0 Å². The highest BCUT2D eigenvalue weighted by molar-refractivity contribution is 5.81. The van der Waals surface area contributed by atoms with Gasteiger partial charge >= 0.3 is 0 Å². The number of Topliss-reactive ketones (excluding diaryl/α,β-unsaturated/α-hetero) is 1. The van der Waals surface area contributed by atoms with E-state index in [1.54, 1.807) is 6.92 Å². The highest BCUT2D eigenvalue weighted by atomic mass is 16.1. The second-order valence-electron chi connectivity index (χ2n) is 3.52. The summed E-state index contributed by atoms with van der Waals surface area (Å²) in [5, 5.41) is 0. The summed E-state index contributed by atoms with van der Waals surface area (Å²) in [7, 11) is 0. The molecule has 0 saturated carbocycles. The normalized spacial score (nSPS) is 28.3. The molecule has 0 aromatic rings. The molecule has 2 heteroatoms. The van der Waals surface area contributed by atoms with Crippen LogP contribution in [0.4, 0.5) is 0 Å². The van der Waals surface area contributed by atoms with Crippen LogP contribution < -0.4 is 5.73 Å². The van der Waals surface area contributed by atoms with E-state index in [4.69, 9.17) is 5.73 Å². The molecule has 2 atom stereocenters. The van der Waals surface area contributed by atoms with Crippen LogP contribution in [0.5, 0.6) is 0 Å². The zero-order valence-corrected chi connectivity index (χ0v) is 7.63. The molecule has 0 saturated heterocycles. The van der Waals surface area contributed by atoms with Crippen LogP contribution in [0.3, 0.4) is 0 Å². The van der Waals surface area contributed by atoms with Crippen LogP contribution >= 0.6 is 0 Å². The first-order chi connectivity index (χ1) is 5.52. The number of hydrogen-bond donors (Lipinski definition) is 1. The van der Waals surface area contributed by atoms with Gasteiger partial charge in [-0.05, 0) is 20.3 Å². The Morgan fingerprint density at radius 1 is 1.67 bits per heavy atom. The first-order valence-corrected chi connectivity index (χ1v) is 4.15. The Morgan fingerprint density at radius 2 is 2.25 bits per heavy atom. The minimum Gasteiger partial charge on any atom is -0.402 e. The van der Waals surface area contributed by atoms with E-state index in [0.717, 1.165) is 17.7 Å². The smallest absolute Gasteiger partial charge is 0.138 e. The number of nitrogens with two attached hydrogens (primary N) is 1. The Bertz CT molecular complexity index is 253. The number of hydrogen-bond acceptors (Lipinski definition) is 2. The maximum atomic E-state index is 11.1. The molecule has 2 nitrogen and oxygen atoms in total. The Labute approximate surface area is 73.1 Å². The van der Waals surface area contributed by atoms with Crippen LogP contribution in [0.2, 0.25) is 0 Å². The molecule has 1 rings (SSSR count). The first-order valence-electron chi connectivity index (χ1n) is 4.15. The second-order valence-corrected chi connectivity index (χ2v) is 3.52. The van der Waals surface area contributed by atoms with Crippen molar-refractivity contribution in [1.29, 1.82) is 0 Å². The monoisotopic (exact) mass is 165 g/mol. The Hall–Kier alpha value is -1.05. The SMILES string of the molecule is C=C(C)C1C=C(N)C(C(C)=O)C1. The molecule has 66 valence electrons. The summed E-state index contributed by atoms with van der Waals surface area (Å²) in [5.41, 5.74) is 7.51. The van der Waals surface area contributed by atoms with Crippen molar-refractivity contribution in [1.82, 2.24) is 0 Å². The molecular formula is C10H15NO. The topological polar surface area (TPSA) is 43.1 Å². The predicted octanol–water partition coefficient (Wildman–Crippen LogP) is 1.63. The molecule has 0 fully saturated rings. The summed E-state index contributed by atoms with van der Waals surface area (Å²) in [4.78, 5) is 11.1. The number of allylic oxidation sites excluding steroid dienone is 3. The highest BCUT2D eigenvalue weighted by Crippen LogP contribution is 2.31. The van der Waals surface area contributed by atoms with Gasteiger partial charge in [-0.25, -0.2) is 0 Å². The Morgan fingerprint density at radius 3 is 2.50 bits per heavy atom. The third-order valence-electron chi connectivity index (χ3n) is 2.41. The lowest BCUT2D eigenvalue weighted by Crippen LogP contribution is -2.15. The van der Waals surface area contributed by atoms with Gasteiger partial charge in [0.2, 0.25) is 0 Å². The van der Waals surface area contributed by atoms with Crippen molar-refractivity contribution >= 4 is 5.78 Å². The van der Waals surface area contributed by atoms with E-state index in [9.17, 15) is 4.79 Å². The van der Waals surface area contributed by atoms with Crippen molar-refractivity contribution in [3.05, 3.63) is 23.9 Å². The molecule has 0 spiro atoms. The zero-order chi connectivity index (χ0) is 9.30. The average molecular weight is 165 g/mol. The standard InChI is InChI=1S/C10H15NO/c1-6(2)8-4-9(7(3)12)10(11)5-8/h5,8-9H,1,4,11H2,2-3H3. The van der Waals surface area contributed by atoms with Crippen LogP contribution in [0.25, 0.3) is 0 Å². The van der Waals surface area contributed by atoms with E-state index < -0.39 is 0 Å². The summed E-state index contributed by atoms with van der Waals surface area (Å²) in [6.07, 6.45) is 2.77. The maximum absolute atomic E-state index is 11.1. The lowest BCUT2D eigenvalue weighted by molar-refractivity contribution is -0.119. The molecule has 0 aromatic carbocycles. The predicted molar refractivity (Wildman–Crippen MR) is 49.4 cm³/mol. The molecule has 1 aliphatic rings. The van der Waals surface area contributed by atoms with Crippen molar-refractivity contribution in [2.45, 2.75) is 20.3 Å². The van der Waals surface area contributed by atoms with E-state index >= 15 is 0 Å². The van der Waals surface area contributed by atoms with Crippen LogP contribution in [0.1, 0.15) is 20.3 Å². The fraction of sp³-hybridized carbons (Fsp3) is 0.500. The van der Waals surface area contributed by atoms with Gasteiger partial charge in [0.05, 0.1) is 5.92 Å². The van der Waals surface area contributed by atoms with Crippen molar-refractivity contribution in [2.75, 3.05) is 0 Å². The molecule has 0 aromatic heterocycles. The van der Waals surface area contributed by atoms with Crippen LogP contribution in [-0.2, 0) is 4.79 Å². The molecule has 12 heavy (non-hydrogen) atoms. The lowest BCUT2D eigenvalue weighted by atomic mass is 9.95. The number of carbonyl (C=O) groups is 1. The maximum Gasteiger partial charge on any atom is 0.138 e. The summed E-state index contributed by atoms with van der Waals surface area (Å²) in [6, 6.07) is 0. The van der Waals surface area contributed by atoms with E-state index in [2.05, 4.69) is 6.58 Å². The lowest BCUT2D eigenvalue weighted by Gasteiger charge is -2.09. The van der Waals surface area contributed by atoms with Crippen LogP contribution in [0.15, 0.2) is 23.9 Å². The molecule has 0 amide bonds. The highest BCUT2D eigenvalue weighted by Gasteiger charge is 2.27. The first kappa shape index (κ1) is 9.04. The van der Waals surface area contributed by atoms with Crippen LogP contribution in [0, 0.1) is 11.8 Å². The Kier molecular flexibility index (Phi) is 2.36. The molecule has 0 aliphatic heterocycles. The van der Waals surface area contributed by atoms with Gasteiger partial charge in [0.25, 0.3) is 0 Å². The minimum atomic E-state index is -0.0632. The van der Waals surface area contributed by atoms with Crippen molar-refractivity contribution in [2.24, 2.45) is 17.6 Å². The quantitative estimate of drug-likeness (QED) is 0.632. The summed E-state index contributed by atoms with van der Waals surface area (Å²) in [5.74, 6) is 0.401. The van der Waals surface area contributed by atoms with Gasteiger partial charge in [0.1, 0.15) is 5.78 Å². The molecule has 2 N–H and O–H groups in total. The van der Waals surface area contributed by atoms with E-state index in [1.165, 1.54) is 0 Å². The van der Waals surface area contributed by atoms with E-state index in [-0.39, 0.29) is 11.7 Å². The molecule has 0 heterocycles. The van der Waals surface area contributed by atoms with Crippen molar-refractivity contribution in [3.63, 3.8) is 0 Å². The third kappa shape index (κ3) is 1.58. The third-order valence-corrected chi connectivity index (χ3v) is 2.41. The van der Waals surface area contributed by atoms with Crippen molar-refractivity contribution in [3.8, 4) is 0 Å². The fourth-order valence-corrected chi connectivity index (χ4v) is 1.55. The number of ketones is 1. The van der Waals surface area contributed by atoms with Crippen LogP contribution in [-0.4, -0.2) is 5.78 Å². The second kappa shape index (κ2) is 3.13. The van der Waals surface area contributed by atoms with E-state index in [0.29, 0.717) is 5.92 Å². The van der Waals surface area contributed by atoms with Gasteiger partial charge in [-0.2, -0.15) is 0 Å². The van der Waals surface area contributed by atoms with Gasteiger partial charge in [0, 0.05) is 11.6 Å². The number of rotatable bonds is 2. The molecule has 1 aliphatic carbocycles.